The first-order valence-electron chi connectivity index (χ1n) is 8.39. The van der Waals surface area contributed by atoms with Crippen molar-refractivity contribution in [3.63, 3.8) is 0 Å². The van der Waals surface area contributed by atoms with E-state index in [1.807, 2.05) is 0 Å². The molecule has 0 spiro atoms. The van der Waals surface area contributed by atoms with Crippen LogP contribution in [0.1, 0.15) is 33.1 Å². The van der Waals surface area contributed by atoms with Gasteiger partial charge in [0.2, 0.25) is 0 Å². The maximum Gasteiger partial charge on any atom is 0.295 e. The zero-order valence-electron chi connectivity index (χ0n) is 15.9. The molecule has 2 aromatic carbocycles. The molecule has 0 aliphatic carbocycles. The molecule has 0 fully saturated rings. The fourth-order valence-electron chi connectivity index (χ4n) is 3.00. The van der Waals surface area contributed by atoms with Gasteiger partial charge in [0.15, 0.2) is 11.5 Å². The van der Waals surface area contributed by atoms with Crippen LogP contribution in [-0.2, 0) is 16.8 Å². The summed E-state index contributed by atoms with van der Waals surface area (Å²) in [4.78, 5) is 12.2. The smallest absolute Gasteiger partial charge is 0.295 e. The highest BCUT2D eigenvalue weighted by molar-refractivity contribution is 7.86. The minimum atomic E-state index is -3.89. The van der Waals surface area contributed by atoms with Crippen LogP contribution in [-0.4, -0.2) is 39.9 Å². The maximum atomic E-state index is 14.9. The number of hydrogen-bond donors (Lipinski definition) is 1. The topological polar surface area (TPSA) is 124 Å². The first kappa shape index (κ1) is 20.8. The molecule has 1 atom stereocenters. The second kappa shape index (κ2) is 7.85. The van der Waals surface area contributed by atoms with Gasteiger partial charge in [-0.3, -0.25) is 4.79 Å². The highest BCUT2D eigenvalue weighted by Crippen LogP contribution is 2.40. The Labute approximate surface area is 167 Å². The average molecular weight is 422 g/mol. The number of benzene rings is 2. The lowest BCUT2D eigenvalue weighted by Crippen LogP contribution is -2.32. The van der Waals surface area contributed by atoms with Gasteiger partial charge >= 0.3 is 0 Å². The van der Waals surface area contributed by atoms with Crippen LogP contribution in [0.3, 0.4) is 0 Å². The van der Waals surface area contributed by atoms with Gasteiger partial charge in [-0.05, 0) is 29.3 Å². The van der Waals surface area contributed by atoms with Crippen molar-refractivity contribution in [3.8, 4) is 11.5 Å². The van der Waals surface area contributed by atoms with Crippen LogP contribution in [0.2, 0.25) is 0 Å². The number of azo groups is 1. The van der Waals surface area contributed by atoms with Gasteiger partial charge in [-0.15, -0.1) is 5.11 Å². The van der Waals surface area contributed by atoms with Crippen molar-refractivity contribution in [3.05, 3.63) is 58.4 Å². The standard InChI is InChI=1S/C18H19FN4O5S/c1-23(29(20,25)26)9-10-4-5-11(14(19)6-10)17-12-7-15(27-2)16(28-3)8-13(12)18(24)22-21-17/h4-8,17H,9H2,1-3H3,(H2,20,25,26). The molecule has 2 aromatic rings. The Bertz CT molecular complexity index is 1100. The molecule has 0 saturated heterocycles. The SMILES string of the molecule is COc1cc2c(cc1OC)C(c1ccc(CN(C)S(N)(=O)=O)cc1F)N=NC2=O. The second-order valence-corrected chi connectivity index (χ2v) is 8.03. The largest absolute Gasteiger partial charge is 0.493 e. The molecule has 3 rings (SSSR count). The van der Waals surface area contributed by atoms with Crippen LogP contribution in [0.25, 0.3) is 0 Å². The van der Waals surface area contributed by atoms with Gasteiger partial charge in [0.25, 0.3) is 16.1 Å². The summed E-state index contributed by atoms with van der Waals surface area (Å²) >= 11 is 0. The number of nitrogens with zero attached hydrogens (tertiary/aromatic N) is 3. The number of carbonyl (C=O) groups is 1. The average Bonchev–Trinajstić information content (AvgIpc) is 2.67. The van der Waals surface area contributed by atoms with E-state index in [0.29, 0.717) is 22.6 Å². The molecule has 0 saturated carbocycles. The summed E-state index contributed by atoms with van der Waals surface area (Å²) in [7, 11) is 0.284. The van der Waals surface area contributed by atoms with E-state index in [1.54, 1.807) is 12.1 Å². The lowest BCUT2D eigenvalue weighted by Gasteiger charge is -2.21. The van der Waals surface area contributed by atoms with Gasteiger partial charge in [-0.25, -0.2) is 9.53 Å². The Morgan fingerprint density at radius 3 is 2.38 bits per heavy atom. The van der Waals surface area contributed by atoms with E-state index in [0.717, 1.165) is 4.31 Å². The van der Waals surface area contributed by atoms with Crippen molar-refractivity contribution < 1.29 is 27.1 Å². The molecule has 0 bridgehead atoms. The van der Waals surface area contributed by atoms with Crippen LogP contribution >= 0.6 is 0 Å². The molecule has 9 nitrogen and oxygen atoms in total. The lowest BCUT2D eigenvalue weighted by atomic mass is 9.92. The minimum absolute atomic E-state index is 0.0949. The maximum absolute atomic E-state index is 14.9. The summed E-state index contributed by atoms with van der Waals surface area (Å²) in [6, 6.07) is 6.41. The molecule has 1 heterocycles. The van der Waals surface area contributed by atoms with Crippen molar-refractivity contribution in [2.24, 2.45) is 15.4 Å². The molecule has 0 aromatic heterocycles. The van der Waals surface area contributed by atoms with E-state index >= 15 is 0 Å². The molecule has 0 radical (unpaired) electrons. The number of halogens is 1. The van der Waals surface area contributed by atoms with Gasteiger partial charge in [0, 0.05) is 19.2 Å². The van der Waals surface area contributed by atoms with E-state index < -0.39 is 28.0 Å². The zero-order valence-corrected chi connectivity index (χ0v) is 16.7. The van der Waals surface area contributed by atoms with Crippen molar-refractivity contribution in [2.75, 3.05) is 21.3 Å². The first-order valence-corrected chi connectivity index (χ1v) is 9.89. The van der Waals surface area contributed by atoms with Crippen molar-refractivity contribution >= 4 is 16.1 Å². The highest BCUT2D eigenvalue weighted by Gasteiger charge is 2.29. The van der Waals surface area contributed by atoms with E-state index in [-0.39, 0.29) is 17.7 Å². The summed E-state index contributed by atoms with van der Waals surface area (Å²) in [5.41, 5.74) is 1.24. The minimum Gasteiger partial charge on any atom is -0.493 e. The van der Waals surface area contributed by atoms with Crippen molar-refractivity contribution in [2.45, 2.75) is 12.6 Å². The summed E-state index contributed by atoms with van der Waals surface area (Å²) in [6.07, 6.45) is 0. The van der Waals surface area contributed by atoms with Gasteiger partial charge in [-0.2, -0.15) is 17.8 Å². The van der Waals surface area contributed by atoms with Crippen LogP contribution in [0, 0.1) is 5.82 Å². The predicted octanol–water partition coefficient (Wildman–Crippen LogP) is 2.17. The molecule has 29 heavy (non-hydrogen) atoms. The third kappa shape index (κ3) is 4.11. The normalized spacial score (nSPS) is 16.1. The summed E-state index contributed by atoms with van der Waals surface area (Å²) in [6.45, 7) is -0.0949. The Morgan fingerprint density at radius 1 is 1.14 bits per heavy atom. The monoisotopic (exact) mass is 422 g/mol. The number of methoxy groups -OCH3 is 2. The van der Waals surface area contributed by atoms with Crippen LogP contribution in [0.15, 0.2) is 40.6 Å². The molecule has 1 aliphatic heterocycles. The fourth-order valence-corrected chi connectivity index (χ4v) is 3.33. The molecule has 2 N–H and O–H groups in total. The first-order chi connectivity index (χ1) is 13.7. The Balaban J connectivity index is 2.02. The Morgan fingerprint density at radius 2 is 1.79 bits per heavy atom. The number of carbonyl (C=O) groups excluding carboxylic acids is 1. The fraction of sp³-hybridized carbons (Fsp3) is 0.278. The molecular weight excluding hydrogens is 403 g/mol. The van der Waals surface area contributed by atoms with Crippen LogP contribution in [0.5, 0.6) is 11.5 Å². The number of ether oxygens (including phenoxy) is 2. The van der Waals surface area contributed by atoms with E-state index in [1.165, 1.54) is 39.5 Å². The third-order valence-corrected chi connectivity index (χ3v) is 5.54. The Kier molecular flexibility index (Phi) is 5.64. The van der Waals surface area contributed by atoms with Gasteiger partial charge in [0.05, 0.1) is 19.8 Å². The van der Waals surface area contributed by atoms with Gasteiger partial charge in [-0.1, -0.05) is 12.1 Å². The molecule has 1 amide bonds. The lowest BCUT2D eigenvalue weighted by molar-refractivity contribution is 0.0985. The van der Waals surface area contributed by atoms with Crippen LogP contribution in [0.4, 0.5) is 4.39 Å². The van der Waals surface area contributed by atoms with E-state index in [4.69, 9.17) is 14.6 Å². The third-order valence-electron chi connectivity index (χ3n) is 4.54. The number of nitrogens with two attached hydrogens (primary N) is 1. The van der Waals surface area contributed by atoms with Crippen LogP contribution < -0.4 is 14.6 Å². The molecule has 1 unspecified atom stereocenters. The highest BCUT2D eigenvalue weighted by atomic mass is 32.2. The van der Waals surface area contributed by atoms with Gasteiger partial charge in [0.1, 0.15) is 11.9 Å². The quantitative estimate of drug-likeness (QED) is 0.764. The molecular formula is C18H19FN4O5S. The van der Waals surface area contributed by atoms with Crippen molar-refractivity contribution in [1.29, 1.82) is 0 Å². The predicted molar refractivity (Wildman–Crippen MR) is 102 cm³/mol. The number of amides is 1. The van der Waals surface area contributed by atoms with E-state index in [9.17, 15) is 17.6 Å². The summed E-state index contributed by atoms with van der Waals surface area (Å²) in [5.74, 6) is -0.474. The van der Waals surface area contributed by atoms with E-state index in [2.05, 4.69) is 10.2 Å². The Hall–Kier alpha value is -2.89. The van der Waals surface area contributed by atoms with Crippen molar-refractivity contribution in [1.82, 2.24) is 4.31 Å². The second-order valence-electron chi connectivity index (χ2n) is 6.37. The number of rotatable bonds is 6. The van der Waals surface area contributed by atoms with Gasteiger partial charge < -0.3 is 9.47 Å². The molecule has 1 aliphatic rings. The molecule has 154 valence electrons. The summed E-state index contributed by atoms with van der Waals surface area (Å²) < 4.78 is 48.9. The summed E-state index contributed by atoms with van der Waals surface area (Å²) in [5, 5.41) is 12.6. The zero-order chi connectivity index (χ0) is 21.3. The number of hydrogen-bond acceptors (Lipinski definition) is 6. The number of fused-ring (bicyclic) bond motifs is 1. The molecule has 11 heteroatoms.